The first-order valence-corrected chi connectivity index (χ1v) is 10.2. The lowest BCUT2D eigenvalue weighted by Gasteiger charge is -2.43. The van der Waals surface area contributed by atoms with Crippen LogP contribution in [0.25, 0.3) is 0 Å². The lowest BCUT2D eigenvalue weighted by molar-refractivity contribution is -0.212. The molecule has 3 rings (SSSR count). The third-order valence-corrected chi connectivity index (χ3v) is 6.38. The number of hydrogen-bond donors (Lipinski definition) is 2. The van der Waals surface area contributed by atoms with Crippen LogP contribution in [-0.2, 0) is 17.1 Å². The van der Waals surface area contributed by atoms with E-state index in [2.05, 4.69) is 10.3 Å². The first-order valence-electron chi connectivity index (χ1n) is 8.67. The van der Waals surface area contributed by atoms with Crippen molar-refractivity contribution in [3.8, 4) is 0 Å². The van der Waals surface area contributed by atoms with Gasteiger partial charge in [-0.25, -0.2) is 17.8 Å². The number of aromatic nitrogens is 2. The number of nitrogens with one attached hydrogen (secondary N) is 2. The van der Waals surface area contributed by atoms with Crippen LogP contribution in [0.4, 0.5) is 27.6 Å². The highest BCUT2D eigenvalue weighted by Gasteiger charge is 2.60. The molecule has 1 fully saturated rings. The molecule has 0 radical (unpaired) electrons. The minimum absolute atomic E-state index is 0.0568. The third kappa shape index (κ3) is 3.90. The summed E-state index contributed by atoms with van der Waals surface area (Å²) >= 11 is 0. The van der Waals surface area contributed by atoms with Crippen LogP contribution in [0.3, 0.4) is 0 Å². The molecule has 0 atom stereocenters. The molecule has 2 aromatic heterocycles. The zero-order valence-corrected chi connectivity index (χ0v) is 16.6. The van der Waals surface area contributed by atoms with Crippen LogP contribution in [0.2, 0.25) is 0 Å². The maximum Gasteiger partial charge on any atom is 0.407 e. The van der Waals surface area contributed by atoms with Gasteiger partial charge in [0.25, 0.3) is 5.91 Å². The Morgan fingerprint density at radius 3 is 2.37 bits per heavy atom. The average molecular weight is 452 g/mol. The molecule has 0 unspecified atom stereocenters. The van der Waals surface area contributed by atoms with Crippen molar-refractivity contribution in [1.29, 1.82) is 0 Å². The van der Waals surface area contributed by atoms with Crippen molar-refractivity contribution in [2.75, 3.05) is 5.32 Å². The number of aryl methyl sites for hydroxylation is 2. The fourth-order valence-corrected chi connectivity index (χ4v) is 4.77. The number of rotatable bonds is 5. The van der Waals surface area contributed by atoms with Gasteiger partial charge in [0.1, 0.15) is 16.1 Å². The smallest absolute Gasteiger partial charge is 0.343 e. The molecule has 164 valence electrons. The molecule has 1 amide bonds. The number of hydrogen-bond acceptors (Lipinski definition) is 4. The van der Waals surface area contributed by atoms with Crippen LogP contribution in [-0.4, -0.2) is 35.6 Å². The maximum absolute atomic E-state index is 14.8. The molecular formula is C17H17F5N4O3S. The number of alkyl halides is 3. The minimum Gasteiger partial charge on any atom is -0.343 e. The van der Waals surface area contributed by atoms with Crippen LogP contribution >= 0.6 is 0 Å². The van der Waals surface area contributed by atoms with E-state index in [0.29, 0.717) is 6.20 Å². The number of carbonyl (C=O) groups is 1. The fraction of sp³-hybridized carbons (Fsp3) is 0.412. The first-order chi connectivity index (χ1) is 13.8. The molecule has 13 heteroatoms. The van der Waals surface area contributed by atoms with Crippen molar-refractivity contribution in [2.45, 2.75) is 42.8 Å². The topological polar surface area (TPSA) is 93.1 Å². The molecule has 0 bridgehead atoms. The van der Waals surface area contributed by atoms with E-state index in [1.54, 1.807) is 4.72 Å². The van der Waals surface area contributed by atoms with Crippen LogP contribution in [0.5, 0.6) is 0 Å². The Labute approximate surface area is 168 Å². The highest BCUT2D eigenvalue weighted by Crippen LogP contribution is 2.46. The Morgan fingerprint density at radius 1 is 1.23 bits per heavy atom. The summed E-state index contributed by atoms with van der Waals surface area (Å²) in [6, 6.07) is 2.17. The van der Waals surface area contributed by atoms with Gasteiger partial charge in [0, 0.05) is 30.7 Å². The molecule has 0 saturated heterocycles. The normalized spacial score (nSPS) is 16.2. The van der Waals surface area contributed by atoms with Crippen LogP contribution in [0.15, 0.2) is 23.2 Å². The molecule has 0 aromatic carbocycles. The lowest BCUT2D eigenvalue weighted by atomic mass is 9.77. The molecule has 2 N–H and O–H groups in total. The maximum atomic E-state index is 14.8. The van der Waals surface area contributed by atoms with E-state index < -0.39 is 62.8 Å². The molecule has 30 heavy (non-hydrogen) atoms. The number of nitrogens with zero attached hydrogens (tertiary/aromatic N) is 2. The second-order valence-electron chi connectivity index (χ2n) is 7.08. The SMILES string of the molecule is Cc1cc(NC(=O)c2c(F)c(S(=O)(=O)NC3(C(F)(F)F)CCC3)cn2C)cc(F)n1. The molecule has 0 spiro atoms. The summed E-state index contributed by atoms with van der Waals surface area (Å²) < 4.78 is 95.4. The van der Waals surface area contributed by atoms with Crippen molar-refractivity contribution in [2.24, 2.45) is 7.05 Å². The van der Waals surface area contributed by atoms with Gasteiger partial charge in [-0.15, -0.1) is 0 Å². The number of carbonyl (C=O) groups excluding carboxylic acids is 1. The van der Waals surface area contributed by atoms with Crippen LogP contribution in [0, 0.1) is 18.7 Å². The van der Waals surface area contributed by atoms with Gasteiger partial charge in [0.15, 0.2) is 5.82 Å². The first kappa shape index (κ1) is 22.2. The number of sulfonamides is 1. The van der Waals surface area contributed by atoms with Crippen molar-refractivity contribution in [3.63, 3.8) is 0 Å². The van der Waals surface area contributed by atoms with Gasteiger partial charge >= 0.3 is 6.18 Å². The van der Waals surface area contributed by atoms with Crippen molar-refractivity contribution >= 4 is 21.6 Å². The van der Waals surface area contributed by atoms with Gasteiger partial charge in [0.05, 0.1) is 0 Å². The summed E-state index contributed by atoms with van der Waals surface area (Å²) in [5.74, 6) is -3.54. The standard InChI is InChI=1S/C17H17F5N4O3S/c1-9-6-10(7-12(18)23-9)24-15(27)14-13(19)11(8-26(14)2)30(28,29)25-16(4-3-5-16)17(20,21)22/h6-8,25H,3-5H2,1-2H3,(H,23,24,27). The second-order valence-corrected chi connectivity index (χ2v) is 8.73. The predicted octanol–water partition coefficient (Wildman–Crippen LogP) is 3.02. The van der Waals surface area contributed by atoms with Gasteiger partial charge in [-0.2, -0.15) is 22.3 Å². The zero-order chi connectivity index (χ0) is 22.5. The quantitative estimate of drug-likeness (QED) is 0.539. The van der Waals surface area contributed by atoms with Crippen molar-refractivity contribution in [3.05, 3.63) is 41.5 Å². The monoisotopic (exact) mass is 452 g/mol. The Morgan fingerprint density at radius 2 is 1.87 bits per heavy atom. The molecule has 1 saturated carbocycles. The molecule has 0 aliphatic heterocycles. The second kappa shape index (κ2) is 7.30. The largest absolute Gasteiger partial charge is 0.407 e. The summed E-state index contributed by atoms with van der Waals surface area (Å²) in [6.45, 7) is 1.45. The van der Waals surface area contributed by atoms with Crippen LogP contribution in [0.1, 0.15) is 35.4 Å². The number of halogens is 5. The summed E-state index contributed by atoms with van der Waals surface area (Å²) in [6.07, 6.45) is -4.93. The van der Waals surface area contributed by atoms with Gasteiger partial charge in [0.2, 0.25) is 16.0 Å². The molecule has 7 nitrogen and oxygen atoms in total. The van der Waals surface area contributed by atoms with Gasteiger partial charge in [-0.1, -0.05) is 0 Å². The Balaban J connectivity index is 1.92. The summed E-state index contributed by atoms with van der Waals surface area (Å²) in [5, 5.41) is 2.21. The Kier molecular flexibility index (Phi) is 5.39. The van der Waals surface area contributed by atoms with Gasteiger partial charge < -0.3 is 9.88 Å². The van der Waals surface area contributed by atoms with E-state index in [0.717, 1.165) is 17.7 Å². The lowest BCUT2D eigenvalue weighted by Crippen LogP contribution is -2.62. The predicted molar refractivity (Wildman–Crippen MR) is 95.2 cm³/mol. The van der Waals surface area contributed by atoms with Crippen molar-refractivity contribution < 1.29 is 35.2 Å². The molecule has 2 heterocycles. The molecule has 2 aromatic rings. The Hall–Kier alpha value is -2.54. The Bertz CT molecular complexity index is 1090. The van der Waals surface area contributed by atoms with Crippen molar-refractivity contribution in [1.82, 2.24) is 14.3 Å². The van der Waals surface area contributed by atoms with Crippen LogP contribution < -0.4 is 10.0 Å². The average Bonchev–Trinajstić information content (AvgIpc) is 2.84. The summed E-state index contributed by atoms with van der Waals surface area (Å²) in [5.41, 5.74) is -3.25. The molecule has 1 aliphatic carbocycles. The minimum atomic E-state index is -4.93. The van der Waals surface area contributed by atoms with E-state index in [1.165, 1.54) is 13.0 Å². The van der Waals surface area contributed by atoms with E-state index in [1.807, 2.05) is 0 Å². The third-order valence-electron chi connectivity index (χ3n) is 4.85. The van der Waals surface area contributed by atoms with E-state index in [-0.39, 0.29) is 17.8 Å². The van der Waals surface area contributed by atoms with Gasteiger partial charge in [-0.05, 0) is 32.3 Å². The summed E-state index contributed by atoms with van der Waals surface area (Å²) in [7, 11) is -3.78. The van der Waals surface area contributed by atoms with E-state index in [4.69, 9.17) is 0 Å². The highest BCUT2D eigenvalue weighted by molar-refractivity contribution is 7.89. The molecule has 1 aliphatic rings. The van der Waals surface area contributed by atoms with E-state index in [9.17, 15) is 35.2 Å². The summed E-state index contributed by atoms with van der Waals surface area (Å²) in [4.78, 5) is 14.8. The highest BCUT2D eigenvalue weighted by atomic mass is 32.2. The zero-order valence-electron chi connectivity index (χ0n) is 15.8. The fourth-order valence-electron chi connectivity index (χ4n) is 3.19. The number of amides is 1. The molecular weight excluding hydrogens is 435 g/mol. The number of pyridine rings is 1. The van der Waals surface area contributed by atoms with Gasteiger partial charge in [-0.3, -0.25) is 4.79 Å². The number of anilines is 1. The van der Waals surface area contributed by atoms with E-state index >= 15 is 0 Å².